The van der Waals surface area contributed by atoms with Crippen LogP contribution in [-0.4, -0.2) is 28.5 Å². The van der Waals surface area contributed by atoms with Crippen molar-refractivity contribution < 1.29 is 14.7 Å². The van der Waals surface area contributed by atoms with Gasteiger partial charge in [0, 0.05) is 37.2 Å². The average molecular weight is 252 g/mol. The van der Waals surface area contributed by atoms with E-state index in [0.717, 1.165) is 5.56 Å². The maximum atomic E-state index is 11.5. The molecule has 1 amide bonds. The third-order valence-corrected chi connectivity index (χ3v) is 2.90. The zero-order valence-electron chi connectivity index (χ0n) is 10.8. The summed E-state index contributed by atoms with van der Waals surface area (Å²) in [6.45, 7) is 4.64. The molecule has 3 N–H and O–H groups in total. The van der Waals surface area contributed by atoms with Gasteiger partial charge in [0.1, 0.15) is 0 Å². The van der Waals surface area contributed by atoms with Crippen LogP contribution in [0.5, 0.6) is 0 Å². The van der Waals surface area contributed by atoms with Gasteiger partial charge >= 0.3 is 5.97 Å². The lowest BCUT2D eigenvalue weighted by atomic mass is 9.86. The highest BCUT2D eigenvalue weighted by molar-refractivity contribution is 5.76. The predicted molar refractivity (Wildman–Crippen MR) is 68.3 cm³/mol. The van der Waals surface area contributed by atoms with Gasteiger partial charge in [-0.25, -0.2) is 0 Å². The Labute approximate surface area is 107 Å². The van der Waals surface area contributed by atoms with E-state index in [-0.39, 0.29) is 24.2 Å². The maximum absolute atomic E-state index is 11.5. The van der Waals surface area contributed by atoms with Crippen molar-refractivity contribution in [3.63, 3.8) is 0 Å². The standard InChI is InChI=1S/C13H20N2O3/c1-13(2,10-6-7-14-8-10)9-15-11(16)4-3-5-12(17)18/h6-8,14H,3-5,9H2,1-2H3,(H,15,16)(H,17,18). The van der Waals surface area contributed by atoms with Crippen LogP contribution in [0.3, 0.4) is 0 Å². The van der Waals surface area contributed by atoms with Crippen molar-refractivity contribution in [2.75, 3.05) is 6.54 Å². The molecule has 1 aromatic rings. The number of aliphatic carboxylic acids is 1. The van der Waals surface area contributed by atoms with Gasteiger partial charge in [-0.05, 0) is 18.1 Å². The number of carbonyl (C=O) groups is 2. The van der Waals surface area contributed by atoms with Crippen LogP contribution in [0.4, 0.5) is 0 Å². The number of carboxylic acids is 1. The molecule has 0 unspecified atom stereocenters. The zero-order chi connectivity index (χ0) is 13.6. The van der Waals surface area contributed by atoms with Crippen molar-refractivity contribution in [1.29, 1.82) is 0 Å². The Hall–Kier alpha value is -1.78. The summed E-state index contributed by atoms with van der Waals surface area (Å²) in [5.74, 6) is -0.963. The van der Waals surface area contributed by atoms with Crippen molar-refractivity contribution in [2.24, 2.45) is 0 Å². The molecule has 18 heavy (non-hydrogen) atoms. The number of hydrogen-bond acceptors (Lipinski definition) is 2. The molecule has 100 valence electrons. The van der Waals surface area contributed by atoms with Crippen molar-refractivity contribution in [3.8, 4) is 0 Å². The summed E-state index contributed by atoms with van der Waals surface area (Å²) < 4.78 is 0. The van der Waals surface area contributed by atoms with E-state index in [2.05, 4.69) is 10.3 Å². The Morgan fingerprint density at radius 3 is 2.67 bits per heavy atom. The molecule has 1 heterocycles. The summed E-state index contributed by atoms with van der Waals surface area (Å²) in [5.41, 5.74) is 0.996. The Balaban J connectivity index is 2.32. The van der Waals surface area contributed by atoms with E-state index in [9.17, 15) is 9.59 Å². The Kier molecular flexibility index (Phi) is 4.95. The predicted octanol–water partition coefficient (Wildman–Crippen LogP) is 1.66. The topological polar surface area (TPSA) is 82.2 Å². The smallest absolute Gasteiger partial charge is 0.303 e. The van der Waals surface area contributed by atoms with Gasteiger partial charge in [0.05, 0.1) is 0 Å². The lowest BCUT2D eigenvalue weighted by Gasteiger charge is -2.24. The van der Waals surface area contributed by atoms with Gasteiger partial charge in [-0.1, -0.05) is 13.8 Å². The zero-order valence-corrected chi connectivity index (χ0v) is 10.8. The first-order chi connectivity index (χ1) is 8.42. The molecule has 0 aliphatic carbocycles. The van der Waals surface area contributed by atoms with Gasteiger partial charge in [-0.3, -0.25) is 9.59 Å². The molecule has 0 aliphatic rings. The van der Waals surface area contributed by atoms with Crippen LogP contribution in [-0.2, 0) is 15.0 Å². The van der Waals surface area contributed by atoms with Crippen LogP contribution < -0.4 is 5.32 Å². The molecule has 0 atom stereocenters. The first-order valence-electron chi connectivity index (χ1n) is 6.03. The number of rotatable bonds is 7. The largest absolute Gasteiger partial charge is 0.481 e. The van der Waals surface area contributed by atoms with Gasteiger partial charge in [0.2, 0.25) is 5.91 Å². The van der Waals surface area contributed by atoms with Gasteiger partial charge in [0.25, 0.3) is 0 Å². The van der Waals surface area contributed by atoms with Crippen molar-refractivity contribution in [3.05, 3.63) is 24.0 Å². The molecule has 0 saturated heterocycles. The third-order valence-electron chi connectivity index (χ3n) is 2.90. The first kappa shape index (κ1) is 14.3. The molecule has 1 aromatic heterocycles. The molecule has 0 bridgehead atoms. The normalized spacial score (nSPS) is 11.2. The van der Waals surface area contributed by atoms with Crippen LogP contribution in [0.2, 0.25) is 0 Å². The first-order valence-corrected chi connectivity index (χ1v) is 6.03. The second-order valence-electron chi connectivity index (χ2n) is 5.01. The van der Waals surface area contributed by atoms with Crippen LogP contribution >= 0.6 is 0 Å². The summed E-state index contributed by atoms with van der Waals surface area (Å²) in [7, 11) is 0. The van der Waals surface area contributed by atoms with Crippen molar-refractivity contribution >= 4 is 11.9 Å². The molecular formula is C13H20N2O3. The number of carboxylic acid groups (broad SMARTS) is 1. The monoisotopic (exact) mass is 252 g/mol. The molecular weight excluding hydrogens is 232 g/mol. The fourth-order valence-electron chi connectivity index (χ4n) is 1.66. The van der Waals surface area contributed by atoms with E-state index in [1.807, 2.05) is 32.3 Å². The molecule has 0 radical (unpaired) electrons. The molecule has 5 heteroatoms. The molecule has 0 spiro atoms. The summed E-state index contributed by atoms with van der Waals surface area (Å²) >= 11 is 0. The van der Waals surface area contributed by atoms with E-state index in [1.165, 1.54) is 0 Å². The number of amides is 1. The van der Waals surface area contributed by atoms with E-state index >= 15 is 0 Å². The van der Waals surface area contributed by atoms with Crippen LogP contribution in [0.1, 0.15) is 38.7 Å². The highest BCUT2D eigenvalue weighted by Gasteiger charge is 2.21. The lowest BCUT2D eigenvalue weighted by Crippen LogP contribution is -2.36. The van der Waals surface area contributed by atoms with Crippen molar-refractivity contribution in [2.45, 2.75) is 38.5 Å². The highest BCUT2D eigenvalue weighted by atomic mass is 16.4. The number of aromatic nitrogens is 1. The lowest BCUT2D eigenvalue weighted by molar-refractivity contribution is -0.137. The van der Waals surface area contributed by atoms with Gasteiger partial charge < -0.3 is 15.4 Å². The van der Waals surface area contributed by atoms with E-state index in [4.69, 9.17) is 5.11 Å². The SMILES string of the molecule is CC(C)(CNC(=O)CCCC(=O)O)c1cc[nH]c1. The Morgan fingerprint density at radius 1 is 1.39 bits per heavy atom. The number of H-pyrrole nitrogens is 1. The maximum Gasteiger partial charge on any atom is 0.303 e. The molecule has 5 nitrogen and oxygen atoms in total. The number of hydrogen-bond donors (Lipinski definition) is 3. The Morgan fingerprint density at radius 2 is 2.11 bits per heavy atom. The fourth-order valence-corrected chi connectivity index (χ4v) is 1.66. The van der Waals surface area contributed by atoms with E-state index in [0.29, 0.717) is 13.0 Å². The second-order valence-corrected chi connectivity index (χ2v) is 5.01. The summed E-state index contributed by atoms with van der Waals surface area (Å²) in [6.07, 6.45) is 4.44. The molecule has 0 aromatic carbocycles. The number of aromatic amines is 1. The molecule has 1 rings (SSSR count). The van der Waals surface area contributed by atoms with E-state index in [1.54, 1.807) is 0 Å². The van der Waals surface area contributed by atoms with Crippen molar-refractivity contribution in [1.82, 2.24) is 10.3 Å². The Bertz CT molecular complexity index is 396. The number of nitrogens with one attached hydrogen (secondary N) is 2. The van der Waals surface area contributed by atoms with Gasteiger partial charge in [-0.15, -0.1) is 0 Å². The minimum atomic E-state index is -0.865. The van der Waals surface area contributed by atoms with Gasteiger partial charge in [0.15, 0.2) is 0 Å². The van der Waals surface area contributed by atoms with Crippen LogP contribution in [0.25, 0.3) is 0 Å². The fraction of sp³-hybridized carbons (Fsp3) is 0.538. The minimum Gasteiger partial charge on any atom is -0.481 e. The highest BCUT2D eigenvalue weighted by Crippen LogP contribution is 2.21. The average Bonchev–Trinajstić information content (AvgIpc) is 2.80. The van der Waals surface area contributed by atoms with Crippen LogP contribution in [0, 0.1) is 0 Å². The molecule has 0 fully saturated rings. The van der Waals surface area contributed by atoms with Gasteiger partial charge in [-0.2, -0.15) is 0 Å². The quantitative estimate of drug-likeness (QED) is 0.690. The number of carbonyl (C=O) groups excluding carboxylic acids is 1. The van der Waals surface area contributed by atoms with Crippen LogP contribution in [0.15, 0.2) is 18.5 Å². The summed E-state index contributed by atoms with van der Waals surface area (Å²) in [4.78, 5) is 24.8. The van der Waals surface area contributed by atoms with E-state index < -0.39 is 5.97 Å². The minimum absolute atomic E-state index is 0.0363. The molecule has 0 saturated carbocycles. The second kappa shape index (κ2) is 6.23. The summed E-state index contributed by atoms with van der Waals surface area (Å²) in [5, 5.41) is 11.3. The third kappa shape index (κ3) is 4.61. The summed E-state index contributed by atoms with van der Waals surface area (Å²) in [6, 6.07) is 1.98. The molecule has 0 aliphatic heterocycles.